The van der Waals surface area contributed by atoms with Crippen LogP contribution in [0.5, 0.6) is 5.75 Å². The van der Waals surface area contributed by atoms with E-state index in [1.54, 1.807) is 0 Å². The Balaban J connectivity index is 1.25. The molecule has 4 nitrogen and oxygen atoms in total. The van der Waals surface area contributed by atoms with E-state index in [9.17, 15) is 4.79 Å². The molecule has 1 saturated carbocycles. The number of likely N-dealkylation sites (tertiary alicyclic amines) is 1. The topological polar surface area (TPSA) is 32.6 Å². The summed E-state index contributed by atoms with van der Waals surface area (Å²) in [6.07, 6.45) is 5.09. The van der Waals surface area contributed by atoms with E-state index in [0.29, 0.717) is 6.04 Å². The molecule has 1 aromatic carbocycles. The normalized spacial score (nSPS) is 27.0. The lowest BCUT2D eigenvalue weighted by molar-refractivity contribution is 0.0793. The first-order chi connectivity index (χ1) is 10.8. The lowest BCUT2D eigenvalue weighted by Gasteiger charge is -2.15. The fourth-order valence-electron chi connectivity index (χ4n) is 3.23. The van der Waals surface area contributed by atoms with Crippen molar-refractivity contribution in [3.05, 3.63) is 29.8 Å². The Labute approximate surface area is 132 Å². The summed E-state index contributed by atoms with van der Waals surface area (Å²) in [4.78, 5) is 16.7. The van der Waals surface area contributed by atoms with Gasteiger partial charge in [-0.2, -0.15) is 0 Å². The van der Waals surface area contributed by atoms with E-state index in [2.05, 4.69) is 4.90 Å². The Hall–Kier alpha value is -1.55. The van der Waals surface area contributed by atoms with Gasteiger partial charge in [-0.05, 0) is 55.9 Å². The van der Waals surface area contributed by atoms with Crippen LogP contribution in [0.3, 0.4) is 0 Å². The molecule has 22 heavy (non-hydrogen) atoms. The number of rotatable bonds is 6. The molecule has 0 aromatic heterocycles. The average molecular weight is 300 g/mol. The Kier molecular flexibility index (Phi) is 3.78. The number of amides is 1. The summed E-state index contributed by atoms with van der Waals surface area (Å²) < 4.78 is 5.86. The minimum Gasteiger partial charge on any atom is -0.492 e. The van der Waals surface area contributed by atoms with Crippen molar-refractivity contribution >= 4 is 5.91 Å². The fraction of sp³-hybridized carbons (Fsp3) is 0.611. The van der Waals surface area contributed by atoms with Crippen LogP contribution in [0, 0.1) is 5.92 Å². The predicted molar refractivity (Wildman–Crippen MR) is 85.2 cm³/mol. The second kappa shape index (κ2) is 5.92. The summed E-state index contributed by atoms with van der Waals surface area (Å²) in [7, 11) is 0. The van der Waals surface area contributed by atoms with E-state index in [1.807, 2.05) is 29.2 Å². The number of carbonyl (C=O) groups excluding carboxylic acids is 1. The summed E-state index contributed by atoms with van der Waals surface area (Å²) in [5.41, 5.74) is 0.774. The molecule has 2 saturated heterocycles. The van der Waals surface area contributed by atoms with Gasteiger partial charge in [-0.3, -0.25) is 9.69 Å². The molecule has 1 aromatic rings. The van der Waals surface area contributed by atoms with Gasteiger partial charge in [0.05, 0.1) is 6.04 Å². The standard InChI is InChI=1S/C18H24N2O2/c21-18(19-9-1-2-10-19)15-5-7-17(8-6-15)22-13-16-12-20(16)11-14-3-4-14/h5-8,14,16H,1-4,9-13H2. The van der Waals surface area contributed by atoms with Gasteiger partial charge in [0, 0.05) is 31.7 Å². The number of ether oxygens (including phenoxy) is 1. The highest BCUT2D eigenvalue weighted by Crippen LogP contribution is 2.33. The molecule has 0 N–H and O–H groups in total. The van der Waals surface area contributed by atoms with Crippen molar-refractivity contribution in [3.63, 3.8) is 0 Å². The summed E-state index contributed by atoms with van der Waals surface area (Å²) in [5.74, 6) is 1.99. The van der Waals surface area contributed by atoms with Crippen LogP contribution in [0.25, 0.3) is 0 Å². The van der Waals surface area contributed by atoms with Crippen LogP contribution in [0.2, 0.25) is 0 Å². The second-order valence-electron chi connectivity index (χ2n) is 6.89. The highest BCUT2D eigenvalue weighted by atomic mass is 16.5. The molecule has 3 fully saturated rings. The number of nitrogens with zero attached hydrogens (tertiary/aromatic N) is 2. The van der Waals surface area contributed by atoms with E-state index in [-0.39, 0.29) is 5.91 Å². The molecule has 3 aliphatic rings. The van der Waals surface area contributed by atoms with Gasteiger partial charge in [-0.15, -0.1) is 0 Å². The summed E-state index contributed by atoms with van der Waals surface area (Å²) in [6, 6.07) is 8.25. The maximum absolute atomic E-state index is 12.3. The summed E-state index contributed by atoms with van der Waals surface area (Å²) >= 11 is 0. The molecule has 118 valence electrons. The summed E-state index contributed by atoms with van der Waals surface area (Å²) in [5, 5.41) is 0. The molecule has 2 aliphatic heterocycles. The van der Waals surface area contributed by atoms with Crippen LogP contribution in [-0.4, -0.2) is 54.5 Å². The molecule has 4 rings (SSSR count). The van der Waals surface area contributed by atoms with Gasteiger partial charge in [-0.25, -0.2) is 0 Å². The molecular weight excluding hydrogens is 276 g/mol. The minimum absolute atomic E-state index is 0.154. The van der Waals surface area contributed by atoms with Crippen molar-refractivity contribution < 1.29 is 9.53 Å². The highest BCUT2D eigenvalue weighted by Gasteiger charge is 2.38. The van der Waals surface area contributed by atoms with Crippen molar-refractivity contribution in [1.29, 1.82) is 0 Å². The van der Waals surface area contributed by atoms with Crippen LogP contribution >= 0.6 is 0 Å². The van der Waals surface area contributed by atoms with Crippen LogP contribution in [-0.2, 0) is 0 Å². The molecular formula is C18H24N2O2. The third-order valence-electron chi connectivity index (χ3n) is 4.95. The molecule has 2 atom stereocenters. The average Bonchev–Trinajstić information content (AvgIpc) is 3.45. The van der Waals surface area contributed by atoms with Crippen molar-refractivity contribution in [2.75, 3.05) is 32.8 Å². The number of carbonyl (C=O) groups is 1. The largest absolute Gasteiger partial charge is 0.492 e. The molecule has 1 amide bonds. The van der Waals surface area contributed by atoms with Gasteiger partial charge in [-0.1, -0.05) is 0 Å². The van der Waals surface area contributed by atoms with E-state index in [1.165, 1.54) is 25.9 Å². The first kappa shape index (κ1) is 14.1. The first-order valence-electron chi connectivity index (χ1n) is 8.56. The molecule has 0 bridgehead atoms. The molecule has 0 spiro atoms. The summed E-state index contributed by atoms with van der Waals surface area (Å²) in [6.45, 7) is 5.01. The number of hydrogen-bond donors (Lipinski definition) is 0. The molecule has 2 unspecified atom stereocenters. The van der Waals surface area contributed by atoms with E-state index < -0.39 is 0 Å². The van der Waals surface area contributed by atoms with Gasteiger partial charge in [0.25, 0.3) is 5.91 Å². The van der Waals surface area contributed by atoms with Crippen LogP contribution in [0.1, 0.15) is 36.0 Å². The van der Waals surface area contributed by atoms with E-state index >= 15 is 0 Å². The van der Waals surface area contributed by atoms with Crippen LogP contribution in [0.15, 0.2) is 24.3 Å². The Bertz CT molecular complexity index is 533. The van der Waals surface area contributed by atoms with Crippen molar-refractivity contribution in [1.82, 2.24) is 9.80 Å². The quantitative estimate of drug-likeness (QED) is 0.756. The Morgan fingerprint density at radius 3 is 2.55 bits per heavy atom. The van der Waals surface area contributed by atoms with Crippen molar-refractivity contribution in [2.45, 2.75) is 31.7 Å². The molecule has 0 radical (unpaired) electrons. The third kappa shape index (κ3) is 3.27. The SMILES string of the molecule is O=C(c1ccc(OCC2CN2CC2CC2)cc1)N1CCCC1. The second-order valence-corrected chi connectivity index (χ2v) is 6.89. The lowest BCUT2D eigenvalue weighted by atomic mass is 10.2. The van der Waals surface area contributed by atoms with Gasteiger partial charge >= 0.3 is 0 Å². The van der Waals surface area contributed by atoms with Crippen molar-refractivity contribution in [3.8, 4) is 5.75 Å². The minimum atomic E-state index is 0.154. The van der Waals surface area contributed by atoms with Gasteiger partial charge < -0.3 is 9.64 Å². The fourth-order valence-corrected chi connectivity index (χ4v) is 3.23. The lowest BCUT2D eigenvalue weighted by Crippen LogP contribution is -2.27. The van der Waals surface area contributed by atoms with Gasteiger partial charge in [0.1, 0.15) is 12.4 Å². The first-order valence-corrected chi connectivity index (χ1v) is 8.56. The number of hydrogen-bond acceptors (Lipinski definition) is 3. The zero-order chi connectivity index (χ0) is 14.9. The smallest absolute Gasteiger partial charge is 0.253 e. The molecule has 4 heteroatoms. The number of benzene rings is 1. The predicted octanol–water partition coefficient (Wildman–Crippen LogP) is 2.40. The zero-order valence-electron chi connectivity index (χ0n) is 13.0. The van der Waals surface area contributed by atoms with Crippen molar-refractivity contribution in [2.24, 2.45) is 5.92 Å². The van der Waals surface area contributed by atoms with Gasteiger partial charge in [0.2, 0.25) is 0 Å². The third-order valence-corrected chi connectivity index (χ3v) is 4.95. The Morgan fingerprint density at radius 2 is 1.86 bits per heavy atom. The Morgan fingerprint density at radius 1 is 1.14 bits per heavy atom. The van der Waals surface area contributed by atoms with Gasteiger partial charge in [0.15, 0.2) is 0 Å². The van der Waals surface area contributed by atoms with Crippen LogP contribution in [0.4, 0.5) is 0 Å². The molecule has 1 aliphatic carbocycles. The zero-order valence-corrected chi connectivity index (χ0v) is 13.0. The molecule has 2 heterocycles. The maximum Gasteiger partial charge on any atom is 0.253 e. The van der Waals surface area contributed by atoms with E-state index in [0.717, 1.165) is 49.8 Å². The maximum atomic E-state index is 12.3. The highest BCUT2D eigenvalue weighted by molar-refractivity contribution is 5.94. The van der Waals surface area contributed by atoms with Crippen LogP contribution < -0.4 is 4.74 Å². The van der Waals surface area contributed by atoms with E-state index in [4.69, 9.17) is 4.74 Å². The monoisotopic (exact) mass is 300 g/mol.